The van der Waals surface area contributed by atoms with Crippen LogP contribution in [0, 0.1) is 17.2 Å². The zero-order valence-electron chi connectivity index (χ0n) is 23.8. The molecule has 1 aliphatic rings. The third kappa shape index (κ3) is 6.99. The van der Waals surface area contributed by atoms with Gasteiger partial charge in [0.25, 0.3) is 0 Å². The average molecular weight is 535 g/mol. The monoisotopic (exact) mass is 534 g/mol. The first-order valence-electron chi connectivity index (χ1n) is 13.4. The lowest BCUT2D eigenvalue weighted by atomic mass is 9.81. The van der Waals surface area contributed by atoms with Gasteiger partial charge >= 0.3 is 5.97 Å². The molecule has 0 N–H and O–H groups in total. The number of carbonyl (C=O) groups is 1. The third-order valence-electron chi connectivity index (χ3n) is 7.38. The largest absolute Gasteiger partial charge is 0.497 e. The minimum Gasteiger partial charge on any atom is -0.497 e. The molecule has 0 saturated heterocycles. The number of hydrogen-bond donors (Lipinski definition) is 0. The van der Waals surface area contributed by atoms with Crippen molar-refractivity contribution in [2.24, 2.45) is 11.3 Å². The standard InChI is InChI=1S/C33H39FO5/c1-33(2,3)32(38-6)29-16-21(10-14-26(29)28-18-24(36-4)13-15-30(28)34)20-39-25-9-7-8-23(17-25)27(22-11-12-22)19-31(35)37-5/h7-10,13-18,22,27,32H,11-12,19-20H2,1-6H3/t27-,32+/m1/s1. The van der Waals surface area contributed by atoms with E-state index >= 15 is 4.39 Å². The molecule has 3 aromatic carbocycles. The van der Waals surface area contributed by atoms with Crippen LogP contribution in [-0.2, 0) is 20.9 Å². The molecule has 0 unspecified atom stereocenters. The van der Waals surface area contributed by atoms with E-state index in [1.807, 2.05) is 36.4 Å². The zero-order chi connectivity index (χ0) is 28.2. The van der Waals surface area contributed by atoms with Crippen LogP contribution in [0.5, 0.6) is 11.5 Å². The highest BCUT2D eigenvalue weighted by Gasteiger charge is 2.34. The van der Waals surface area contributed by atoms with Crippen LogP contribution in [0.25, 0.3) is 11.1 Å². The molecule has 0 amide bonds. The summed E-state index contributed by atoms with van der Waals surface area (Å²) in [7, 11) is 4.69. The van der Waals surface area contributed by atoms with E-state index in [2.05, 4.69) is 26.8 Å². The van der Waals surface area contributed by atoms with Crippen molar-refractivity contribution in [2.75, 3.05) is 21.3 Å². The first-order valence-corrected chi connectivity index (χ1v) is 13.4. The smallest absolute Gasteiger partial charge is 0.306 e. The summed E-state index contributed by atoms with van der Waals surface area (Å²) in [4.78, 5) is 12.0. The Kier molecular flexibility index (Phi) is 8.96. The van der Waals surface area contributed by atoms with E-state index in [1.54, 1.807) is 26.4 Å². The molecule has 0 aromatic heterocycles. The summed E-state index contributed by atoms with van der Waals surface area (Å²) in [5.41, 5.74) is 3.92. The maximum absolute atomic E-state index is 15.0. The van der Waals surface area contributed by atoms with Gasteiger partial charge in [-0.15, -0.1) is 0 Å². The predicted octanol–water partition coefficient (Wildman–Crippen LogP) is 7.87. The second kappa shape index (κ2) is 12.2. The molecular formula is C33H39FO5. The first-order chi connectivity index (χ1) is 18.6. The van der Waals surface area contributed by atoms with E-state index in [1.165, 1.54) is 13.2 Å². The number of carbonyl (C=O) groups excluding carboxylic acids is 1. The van der Waals surface area contributed by atoms with Crippen LogP contribution in [0.4, 0.5) is 4.39 Å². The average Bonchev–Trinajstić information content (AvgIpc) is 3.76. The fourth-order valence-corrected chi connectivity index (χ4v) is 5.27. The second-order valence-electron chi connectivity index (χ2n) is 11.3. The Morgan fingerprint density at radius 3 is 2.36 bits per heavy atom. The third-order valence-corrected chi connectivity index (χ3v) is 7.38. The van der Waals surface area contributed by atoms with E-state index in [9.17, 15) is 4.79 Å². The summed E-state index contributed by atoms with van der Waals surface area (Å²) in [5, 5.41) is 0. The highest BCUT2D eigenvalue weighted by atomic mass is 19.1. The van der Waals surface area contributed by atoms with Gasteiger partial charge in [-0.3, -0.25) is 4.79 Å². The van der Waals surface area contributed by atoms with Gasteiger partial charge in [0.1, 0.15) is 23.9 Å². The number of halogens is 1. The molecule has 2 atom stereocenters. The summed E-state index contributed by atoms with van der Waals surface area (Å²) in [6, 6.07) is 18.7. The van der Waals surface area contributed by atoms with Gasteiger partial charge in [-0.25, -0.2) is 4.39 Å². The van der Waals surface area contributed by atoms with Gasteiger partial charge in [0.05, 0.1) is 26.7 Å². The van der Waals surface area contributed by atoms with Gasteiger partial charge in [-0.2, -0.15) is 0 Å². The van der Waals surface area contributed by atoms with Crippen molar-refractivity contribution in [2.45, 2.75) is 58.7 Å². The van der Waals surface area contributed by atoms with E-state index in [4.69, 9.17) is 18.9 Å². The Labute approximate surface area is 231 Å². The first kappa shape index (κ1) is 28.6. The Morgan fingerprint density at radius 1 is 0.949 bits per heavy atom. The topological polar surface area (TPSA) is 54.0 Å². The van der Waals surface area contributed by atoms with Crippen molar-refractivity contribution >= 4 is 5.97 Å². The second-order valence-corrected chi connectivity index (χ2v) is 11.3. The highest BCUT2D eigenvalue weighted by molar-refractivity contribution is 5.71. The van der Waals surface area contributed by atoms with Gasteiger partial charge in [0, 0.05) is 12.7 Å². The molecule has 0 heterocycles. The number of rotatable bonds is 11. The molecule has 0 bridgehead atoms. The van der Waals surface area contributed by atoms with Gasteiger partial charge in [-0.05, 0) is 88.7 Å². The van der Waals surface area contributed by atoms with Crippen LogP contribution in [0.2, 0.25) is 0 Å². The number of methoxy groups -OCH3 is 3. The number of ether oxygens (including phenoxy) is 4. The Hall–Kier alpha value is -3.38. The van der Waals surface area contributed by atoms with E-state index in [-0.39, 0.29) is 29.2 Å². The summed E-state index contributed by atoms with van der Waals surface area (Å²) >= 11 is 0. The molecule has 1 aliphatic carbocycles. The quantitative estimate of drug-likeness (QED) is 0.234. The predicted molar refractivity (Wildman–Crippen MR) is 150 cm³/mol. The molecule has 5 nitrogen and oxygen atoms in total. The van der Waals surface area contributed by atoms with Crippen molar-refractivity contribution in [1.29, 1.82) is 0 Å². The number of benzene rings is 3. The molecular weight excluding hydrogens is 495 g/mol. The van der Waals surface area contributed by atoms with Crippen molar-refractivity contribution < 1.29 is 28.1 Å². The van der Waals surface area contributed by atoms with Crippen molar-refractivity contribution in [3.63, 3.8) is 0 Å². The van der Waals surface area contributed by atoms with Crippen LogP contribution in [-0.4, -0.2) is 27.3 Å². The fourth-order valence-electron chi connectivity index (χ4n) is 5.27. The zero-order valence-corrected chi connectivity index (χ0v) is 23.8. The molecule has 1 saturated carbocycles. The maximum Gasteiger partial charge on any atom is 0.306 e. The van der Waals surface area contributed by atoms with Crippen molar-refractivity contribution in [1.82, 2.24) is 0 Å². The lowest BCUT2D eigenvalue weighted by Crippen LogP contribution is -2.21. The van der Waals surface area contributed by atoms with E-state index in [0.717, 1.165) is 40.8 Å². The molecule has 0 radical (unpaired) electrons. The minimum absolute atomic E-state index is 0.138. The number of hydrogen-bond acceptors (Lipinski definition) is 5. The number of esters is 1. The molecule has 6 heteroatoms. The molecule has 208 valence electrons. The van der Waals surface area contributed by atoms with Crippen LogP contribution < -0.4 is 9.47 Å². The van der Waals surface area contributed by atoms with E-state index < -0.39 is 0 Å². The lowest BCUT2D eigenvalue weighted by molar-refractivity contribution is -0.141. The minimum atomic E-state index is -0.321. The molecule has 0 spiro atoms. The molecule has 1 fully saturated rings. The Balaban J connectivity index is 1.63. The van der Waals surface area contributed by atoms with Crippen LogP contribution in [0.15, 0.2) is 60.7 Å². The molecule has 4 rings (SSSR count). The molecule has 0 aliphatic heterocycles. The van der Waals surface area contributed by atoms with Crippen LogP contribution in [0.3, 0.4) is 0 Å². The summed E-state index contributed by atoms with van der Waals surface area (Å²) < 4.78 is 37.5. The summed E-state index contributed by atoms with van der Waals surface area (Å²) in [5.74, 6) is 1.47. The van der Waals surface area contributed by atoms with E-state index in [0.29, 0.717) is 30.3 Å². The van der Waals surface area contributed by atoms with Gasteiger partial charge in [0.15, 0.2) is 0 Å². The van der Waals surface area contributed by atoms with Crippen LogP contribution in [0.1, 0.15) is 68.7 Å². The van der Waals surface area contributed by atoms with Crippen LogP contribution >= 0.6 is 0 Å². The van der Waals surface area contributed by atoms with Crippen molar-refractivity contribution in [3.05, 3.63) is 83.2 Å². The van der Waals surface area contributed by atoms with Gasteiger partial charge < -0.3 is 18.9 Å². The SMILES string of the molecule is COC(=O)C[C@@H](c1cccc(OCc2ccc(-c3cc(OC)ccc3F)c([C@H](OC)C(C)(C)C)c2)c1)C1CC1. The van der Waals surface area contributed by atoms with Gasteiger partial charge in [0.2, 0.25) is 0 Å². The summed E-state index contributed by atoms with van der Waals surface area (Å²) in [6.07, 6.45) is 2.36. The van der Waals surface area contributed by atoms with Crippen molar-refractivity contribution in [3.8, 4) is 22.6 Å². The molecule has 3 aromatic rings. The maximum atomic E-state index is 15.0. The van der Waals surface area contributed by atoms with Gasteiger partial charge in [-0.1, -0.05) is 45.0 Å². The Bertz CT molecular complexity index is 1290. The fraction of sp³-hybridized carbons (Fsp3) is 0.424. The Morgan fingerprint density at radius 2 is 1.72 bits per heavy atom. The molecule has 39 heavy (non-hydrogen) atoms. The highest BCUT2D eigenvalue weighted by Crippen LogP contribution is 2.45. The summed E-state index contributed by atoms with van der Waals surface area (Å²) in [6.45, 7) is 6.65. The normalized spacial score (nSPS) is 14.9. The lowest BCUT2D eigenvalue weighted by Gasteiger charge is -2.32.